The molecule has 0 atom stereocenters. The highest BCUT2D eigenvalue weighted by atomic mass is 14.9. The van der Waals surface area contributed by atoms with Gasteiger partial charge in [0.2, 0.25) is 0 Å². The molecule has 4 nitrogen and oxygen atoms in total. The summed E-state index contributed by atoms with van der Waals surface area (Å²) in [6.07, 6.45) is 4.09. The first-order valence-electron chi connectivity index (χ1n) is 16.5. The zero-order valence-electron chi connectivity index (χ0n) is 26.7. The van der Waals surface area contributed by atoms with Crippen LogP contribution in [0.2, 0.25) is 0 Å². The third-order valence-electron chi connectivity index (χ3n) is 9.18. The van der Waals surface area contributed by atoms with E-state index in [1.54, 1.807) is 0 Å². The van der Waals surface area contributed by atoms with Crippen LogP contribution in [0.1, 0.15) is 5.69 Å². The molecule has 230 valence electrons. The van der Waals surface area contributed by atoms with Crippen molar-refractivity contribution in [3.05, 3.63) is 169 Å². The zero-order valence-corrected chi connectivity index (χ0v) is 26.7. The van der Waals surface area contributed by atoms with Gasteiger partial charge in [-0.05, 0) is 34.4 Å². The Bertz CT molecular complexity index is 2480. The third kappa shape index (κ3) is 5.39. The minimum Gasteiger partial charge on any atom is -0.288 e. The van der Waals surface area contributed by atoms with Crippen molar-refractivity contribution in [3.8, 4) is 56.2 Å². The van der Waals surface area contributed by atoms with Crippen LogP contribution in [-0.2, 0) is 0 Å². The van der Waals surface area contributed by atoms with Gasteiger partial charge in [0.15, 0.2) is 5.82 Å². The molecule has 2 aromatic heterocycles. The Morgan fingerprint density at radius 3 is 1.67 bits per heavy atom. The fourth-order valence-corrected chi connectivity index (χ4v) is 6.72. The number of benzene rings is 6. The topological polar surface area (TPSA) is 51.0 Å². The Kier molecular flexibility index (Phi) is 7.17. The van der Waals surface area contributed by atoms with Gasteiger partial charge in [0, 0.05) is 44.6 Å². The standard InChI is InChI=1S/C45H30N4/c1-3-10-33(11-4-1)41-28-42(49-45(48-41)35-12-5-2-6-13-35)34-24-20-31(21-25-34)30-18-22-32(23-19-30)37-15-9-16-39-43(37)38-14-7-8-17-40(38)47-44(39)36-26-27-46-29-36/h1-26,28-29H,27H2. The van der Waals surface area contributed by atoms with Crippen molar-refractivity contribution in [2.45, 2.75) is 0 Å². The summed E-state index contributed by atoms with van der Waals surface area (Å²) in [6, 6.07) is 55.0. The second kappa shape index (κ2) is 12.3. The summed E-state index contributed by atoms with van der Waals surface area (Å²) in [5.74, 6) is 0.717. The molecule has 0 saturated carbocycles. The second-order valence-corrected chi connectivity index (χ2v) is 12.2. The van der Waals surface area contributed by atoms with Gasteiger partial charge in [0.05, 0.1) is 29.1 Å². The number of pyridine rings is 1. The van der Waals surface area contributed by atoms with E-state index < -0.39 is 0 Å². The van der Waals surface area contributed by atoms with E-state index in [9.17, 15) is 0 Å². The Morgan fingerprint density at radius 1 is 0.429 bits per heavy atom. The molecule has 0 N–H and O–H groups in total. The molecule has 0 bridgehead atoms. The SMILES string of the molecule is C1=NCC=C1c1nc2ccccc2c2c(-c3ccc(-c4ccc(-c5cc(-c6ccccc6)nc(-c6ccccc6)n5)cc4)cc3)cccc12. The lowest BCUT2D eigenvalue weighted by Crippen LogP contribution is -1.95. The van der Waals surface area contributed by atoms with Gasteiger partial charge in [-0.2, -0.15) is 0 Å². The molecule has 0 saturated heterocycles. The number of para-hydroxylation sites is 1. The Hall–Kier alpha value is -6.52. The smallest absolute Gasteiger partial charge is 0.160 e. The number of nitrogens with zero attached hydrogens (tertiary/aromatic N) is 4. The average molecular weight is 627 g/mol. The Balaban J connectivity index is 1.07. The predicted octanol–water partition coefficient (Wildman–Crippen LogP) is 11.0. The lowest BCUT2D eigenvalue weighted by molar-refractivity contribution is 1.18. The normalized spacial score (nSPS) is 12.4. The summed E-state index contributed by atoms with van der Waals surface area (Å²) in [4.78, 5) is 19.4. The number of hydrogen-bond donors (Lipinski definition) is 0. The summed E-state index contributed by atoms with van der Waals surface area (Å²) >= 11 is 0. The van der Waals surface area contributed by atoms with E-state index in [4.69, 9.17) is 15.0 Å². The summed E-state index contributed by atoms with van der Waals surface area (Å²) in [5, 5.41) is 3.52. The summed E-state index contributed by atoms with van der Waals surface area (Å²) in [6.45, 7) is 0.704. The molecule has 6 aromatic carbocycles. The van der Waals surface area contributed by atoms with Crippen molar-refractivity contribution in [2.75, 3.05) is 6.54 Å². The van der Waals surface area contributed by atoms with Crippen LogP contribution in [0.15, 0.2) is 169 Å². The minimum absolute atomic E-state index is 0.704. The lowest BCUT2D eigenvalue weighted by atomic mass is 9.92. The fourth-order valence-electron chi connectivity index (χ4n) is 6.72. The average Bonchev–Trinajstić information content (AvgIpc) is 3.73. The van der Waals surface area contributed by atoms with E-state index in [1.165, 1.54) is 16.5 Å². The largest absolute Gasteiger partial charge is 0.288 e. The molecule has 3 heterocycles. The molecule has 1 aliphatic heterocycles. The van der Waals surface area contributed by atoms with Crippen molar-refractivity contribution < 1.29 is 0 Å². The highest BCUT2D eigenvalue weighted by Gasteiger charge is 2.16. The van der Waals surface area contributed by atoms with Crippen LogP contribution in [-0.4, -0.2) is 27.7 Å². The minimum atomic E-state index is 0.704. The van der Waals surface area contributed by atoms with Gasteiger partial charge in [-0.25, -0.2) is 15.0 Å². The summed E-state index contributed by atoms with van der Waals surface area (Å²) in [7, 11) is 0. The molecule has 0 amide bonds. The lowest BCUT2D eigenvalue weighted by Gasteiger charge is -2.14. The number of rotatable bonds is 6. The van der Waals surface area contributed by atoms with E-state index >= 15 is 0 Å². The van der Waals surface area contributed by atoms with Gasteiger partial charge >= 0.3 is 0 Å². The third-order valence-corrected chi connectivity index (χ3v) is 9.18. The number of aliphatic imine (C=N–C) groups is 1. The zero-order chi connectivity index (χ0) is 32.6. The maximum absolute atomic E-state index is 5.08. The number of hydrogen-bond acceptors (Lipinski definition) is 4. The van der Waals surface area contributed by atoms with Gasteiger partial charge in [-0.3, -0.25) is 4.99 Å². The predicted molar refractivity (Wildman–Crippen MR) is 203 cm³/mol. The molecular formula is C45H30N4. The van der Waals surface area contributed by atoms with E-state index in [0.29, 0.717) is 12.4 Å². The Morgan fingerprint density at radius 2 is 1.00 bits per heavy atom. The van der Waals surface area contributed by atoms with Gasteiger partial charge in [0.25, 0.3) is 0 Å². The molecule has 0 unspecified atom stereocenters. The van der Waals surface area contributed by atoms with E-state index in [1.807, 2.05) is 42.6 Å². The van der Waals surface area contributed by atoms with Crippen LogP contribution < -0.4 is 0 Å². The summed E-state index contributed by atoms with van der Waals surface area (Å²) < 4.78 is 0. The molecule has 1 aliphatic rings. The van der Waals surface area contributed by atoms with Crippen LogP contribution in [0.3, 0.4) is 0 Å². The molecule has 9 rings (SSSR count). The maximum atomic E-state index is 5.08. The van der Waals surface area contributed by atoms with Gasteiger partial charge < -0.3 is 0 Å². The first-order chi connectivity index (χ1) is 24.3. The van der Waals surface area contributed by atoms with Gasteiger partial charge in [-0.1, -0.05) is 152 Å². The van der Waals surface area contributed by atoms with Crippen LogP contribution in [0.5, 0.6) is 0 Å². The quantitative estimate of drug-likeness (QED) is 0.173. The van der Waals surface area contributed by atoms with Crippen molar-refractivity contribution in [1.29, 1.82) is 0 Å². The first kappa shape index (κ1) is 28.7. The van der Waals surface area contributed by atoms with E-state index in [-0.39, 0.29) is 0 Å². The number of fused-ring (bicyclic) bond motifs is 3. The highest BCUT2D eigenvalue weighted by molar-refractivity contribution is 6.21. The molecule has 0 radical (unpaired) electrons. The molecule has 0 spiro atoms. The van der Waals surface area contributed by atoms with E-state index in [0.717, 1.165) is 66.8 Å². The van der Waals surface area contributed by atoms with E-state index in [2.05, 4.69) is 132 Å². The van der Waals surface area contributed by atoms with Gasteiger partial charge in [0.1, 0.15) is 0 Å². The van der Waals surface area contributed by atoms with Crippen LogP contribution >= 0.6 is 0 Å². The second-order valence-electron chi connectivity index (χ2n) is 12.2. The first-order valence-corrected chi connectivity index (χ1v) is 16.5. The number of aromatic nitrogens is 3. The van der Waals surface area contributed by atoms with Gasteiger partial charge in [-0.15, -0.1) is 0 Å². The van der Waals surface area contributed by atoms with Crippen molar-refractivity contribution >= 4 is 33.5 Å². The Labute approximate surface area is 284 Å². The van der Waals surface area contributed by atoms with Crippen LogP contribution in [0.4, 0.5) is 0 Å². The van der Waals surface area contributed by atoms with Crippen molar-refractivity contribution in [2.24, 2.45) is 4.99 Å². The molecule has 4 heteroatoms. The molecular weight excluding hydrogens is 597 g/mol. The van der Waals surface area contributed by atoms with Crippen molar-refractivity contribution in [3.63, 3.8) is 0 Å². The molecule has 49 heavy (non-hydrogen) atoms. The molecule has 0 fully saturated rings. The monoisotopic (exact) mass is 626 g/mol. The molecule has 8 aromatic rings. The fraction of sp³-hybridized carbons (Fsp3) is 0.0222. The van der Waals surface area contributed by atoms with Crippen molar-refractivity contribution in [1.82, 2.24) is 15.0 Å². The van der Waals surface area contributed by atoms with Crippen LogP contribution in [0.25, 0.3) is 83.4 Å². The summed E-state index contributed by atoms with van der Waals surface area (Å²) in [5.41, 5.74) is 12.7. The number of allylic oxidation sites excluding steroid dienone is 1. The highest BCUT2D eigenvalue weighted by Crippen LogP contribution is 2.38. The molecule has 0 aliphatic carbocycles. The van der Waals surface area contributed by atoms with Crippen LogP contribution in [0, 0.1) is 0 Å². The maximum Gasteiger partial charge on any atom is 0.160 e.